The number of rotatable bonds is 3. The second kappa shape index (κ2) is 7.69. The molecule has 0 atom stereocenters. The van der Waals surface area contributed by atoms with E-state index in [0.29, 0.717) is 21.1 Å². The number of hydrazine groups is 1. The number of benzene rings is 2. The second-order valence-corrected chi connectivity index (χ2v) is 7.31. The van der Waals surface area contributed by atoms with E-state index in [1.54, 1.807) is 31.2 Å². The summed E-state index contributed by atoms with van der Waals surface area (Å²) in [6.45, 7) is 1.73. The molecule has 2 aromatic heterocycles. The van der Waals surface area contributed by atoms with Crippen molar-refractivity contribution in [1.29, 1.82) is 0 Å². The Morgan fingerprint density at radius 3 is 2.45 bits per heavy atom. The molecule has 0 aliphatic carbocycles. The Morgan fingerprint density at radius 1 is 0.966 bits per heavy atom. The highest BCUT2D eigenvalue weighted by Crippen LogP contribution is 2.27. The van der Waals surface area contributed by atoms with Crippen molar-refractivity contribution in [1.82, 2.24) is 20.8 Å². The number of thiazole rings is 1. The molecule has 0 aliphatic heterocycles. The molecule has 0 spiro atoms. The van der Waals surface area contributed by atoms with Gasteiger partial charge >= 0.3 is 0 Å². The fraction of sp³-hybridized carbons (Fsp3) is 0.0476. The van der Waals surface area contributed by atoms with Crippen LogP contribution in [-0.2, 0) is 0 Å². The van der Waals surface area contributed by atoms with Crippen LogP contribution in [0, 0.1) is 6.92 Å². The molecule has 0 saturated heterocycles. The number of H-pyrrole nitrogens is 1. The van der Waals surface area contributed by atoms with Crippen LogP contribution in [0.5, 0.6) is 0 Å². The lowest BCUT2D eigenvalue weighted by molar-refractivity contribution is 0.0847. The lowest BCUT2D eigenvalue weighted by atomic mass is 10.1. The number of pyridine rings is 1. The van der Waals surface area contributed by atoms with Crippen LogP contribution in [0.25, 0.3) is 21.5 Å². The van der Waals surface area contributed by atoms with Gasteiger partial charge in [0.05, 0.1) is 5.69 Å². The molecule has 2 amide bonds. The number of para-hydroxylation sites is 1. The van der Waals surface area contributed by atoms with Crippen molar-refractivity contribution in [2.24, 2.45) is 0 Å². The molecular formula is C21H16N4O3S. The number of hydrogen-bond donors (Lipinski definition) is 3. The largest absolute Gasteiger partial charge is 0.321 e. The maximum atomic E-state index is 12.5. The molecule has 8 heteroatoms. The van der Waals surface area contributed by atoms with E-state index in [2.05, 4.69) is 20.8 Å². The van der Waals surface area contributed by atoms with E-state index in [1.165, 1.54) is 17.4 Å². The molecule has 0 saturated carbocycles. The summed E-state index contributed by atoms with van der Waals surface area (Å²) >= 11 is 1.23. The topological polar surface area (TPSA) is 104 Å². The van der Waals surface area contributed by atoms with E-state index < -0.39 is 17.4 Å². The first-order valence-corrected chi connectivity index (χ1v) is 9.60. The van der Waals surface area contributed by atoms with Gasteiger partial charge in [-0.15, -0.1) is 11.3 Å². The maximum Gasteiger partial charge on any atom is 0.281 e. The lowest BCUT2D eigenvalue weighted by Gasteiger charge is -2.07. The molecule has 0 aliphatic rings. The Morgan fingerprint density at radius 2 is 1.66 bits per heavy atom. The third-order valence-electron chi connectivity index (χ3n) is 4.31. The summed E-state index contributed by atoms with van der Waals surface area (Å²) in [5.41, 5.74) is 6.14. The first kappa shape index (κ1) is 18.6. The summed E-state index contributed by atoms with van der Waals surface area (Å²) in [7, 11) is 0. The minimum Gasteiger partial charge on any atom is -0.321 e. The van der Waals surface area contributed by atoms with Crippen LogP contribution in [0.4, 0.5) is 0 Å². The summed E-state index contributed by atoms with van der Waals surface area (Å²) < 4.78 is 0. The average Bonchev–Trinajstić information content (AvgIpc) is 3.13. The molecule has 0 bridgehead atoms. The number of carbonyl (C=O) groups is 2. The quantitative estimate of drug-likeness (QED) is 0.457. The van der Waals surface area contributed by atoms with Crippen molar-refractivity contribution in [2.45, 2.75) is 6.92 Å². The smallest absolute Gasteiger partial charge is 0.281 e. The zero-order valence-corrected chi connectivity index (χ0v) is 16.2. The molecule has 0 unspecified atom stereocenters. The van der Waals surface area contributed by atoms with Gasteiger partial charge in [-0.1, -0.05) is 48.5 Å². The molecule has 144 valence electrons. The summed E-state index contributed by atoms with van der Waals surface area (Å²) in [6, 6.07) is 18.1. The standard InChI is InChI=1S/C21H16N4O3S/c1-12-17(29-21(22-12)13-7-3-2-4-8-13)20(28)25-24-19(27)15-11-14-9-5-6-10-16(14)23-18(15)26/h2-11H,1H3,(H,23,26)(H,24,27)(H,25,28). The van der Waals surface area contributed by atoms with Gasteiger partial charge in [0, 0.05) is 11.1 Å². The number of carbonyl (C=O) groups excluding carboxylic acids is 2. The van der Waals surface area contributed by atoms with Crippen molar-refractivity contribution < 1.29 is 9.59 Å². The van der Waals surface area contributed by atoms with Crippen molar-refractivity contribution in [3.63, 3.8) is 0 Å². The predicted octanol–water partition coefficient (Wildman–Crippen LogP) is 3.03. The summed E-state index contributed by atoms with van der Waals surface area (Å²) in [5, 5.41) is 1.43. The van der Waals surface area contributed by atoms with E-state index in [9.17, 15) is 14.4 Å². The Bertz CT molecular complexity index is 1280. The molecule has 3 N–H and O–H groups in total. The van der Waals surface area contributed by atoms with Crippen LogP contribution in [0.2, 0.25) is 0 Å². The van der Waals surface area contributed by atoms with Crippen molar-refractivity contribution in [3.8, 4) is 10.6 Å². The molecule has 7 nitrogen and oxygen atoms in total. The van der Waals surface area contributed by atoms with Crippen LogP contribution < -0.4 is 16.4 Å². The summed E-state index contributed by atoms with van der Waals surface area (Å²) in [4.78, 5) is 44.5. The Kier molecular flexibility index (Phi) is 4.92. The van der Waals surface area contributed by atoms with Crippen LogP contribution >= 0.6 is 11.3 Å². The minimum atomic E-state index is -0.698. The third-order valence-corrected chi connectivity index (χ3v) is 5.52. The number of nitrogens with one attached hydrogen (secondary N) is 3. The van der Waals surface area contributed by atoms with E-state index in [0.717, 1.165) is 10.9 Å². The molecule has 2 aromatic carbocycles. The zero-order valence-electron chi connectivity index (χ0n) is 15.4. The molecule has 29 heavy (non-hydrogen) atoms. The van der Waals surface area contributed by atoms with Gasteiger partial charge in [0.15, 0.2) is 0 Å². The van der Waals surface area contributed by atoms with Crippen molar-refractivity contribution in [2.75, 3.05) is 0 Å². The van der Waals surface area contributed by atoms with Gasteiger partial charge < -0.3 is 4.98 Å². The van der Waals surface area contributed by atoms with Crippen molar-refractivity contribution in [3.05, 3.63) is 87.2 Å². The summed E-state index contributed by atoms with van der Waals surface area (Å²) in [5.74, 6) is -1.19. The highest BCUT2D eigenvalue weighted by molar-refractivity contribution is 7.17. The zero-order chi connectivity index (χ0) is 20.4. The Balaban J connectivity index is 1.50. The molecule has 4 rings (SSSR count). The van der Waals surface area contributed by atoms with E-state index in [4.69, 9.17) is 0 Å². The highest BCUT2D eigenvalue weighted by Gasteiger charge is 2.18. The van der Waals surface area contributed by atoms with E-state index in [1.807, 2.05) is 30.3 Å². The van der Waals surface area contributed by atoms with Gasteiger partial charge in [-0.25, -0.2) is 4.98 Å². The average molecular weight is 404 g/mol. The van der Waals surface area contributed by atoms with E-state index >= 15 is 0 Å². The summed E-state index contributed by atoms with van der Waals surface area (Å²) in [6.07, 6.45) is 0. The van der Waals surface area contributed by atoms with Crippen LogP contribution in [0.15, 0.2) is 65.5 Å². The normalized spacial score (nSPS) is 10.7. The van der Waals surface area contributed by atoms with Gasteiger partial charge in [0.1, 0.15) is 15.4 Å². The molecular weight excluding hydrogens is 388 g/mol. The molecule has 4 aromatic rings. The monoisotopic (exact) mass is 404 g/mol. The number of hydrogen-bond acceptors (Lipinski definition) is 5. The molecule has 0 fully saturated rings. The number of aromatic amines is 1. The minimum absolute atomic E-state index is 0.0880. The van der Waals surface area contributed by atoms with Gasteiger partial charge in [0.2, 0.25) is 0 Å². The van der Waals surface area contributed by atoms with Crippen molar-refractivity contribution >= 4 is 34.1 Å². The lowest BCUT2D eigenvalue weighted by Crippen LogP contribution is -2.43. The van der Waals surface area contributed by atoms with E-state index in [-0.39, 0.29) is 5.56 Å². The Labute approximate surface area is 169 Å². The molecule has 0 radical (unpaired) electrons. The van der Waals surface area contributed by atoms with Gasteiger partial charge in [-0.05, 0) is 24.4 Å². The number of fused-ring (bicyclic) bond motifs is 1. The van der Waals surface area contributed by atoms with Crippen LogP contribution in [0.3, 0.4) is 0 Å². The Hall–Kier alpha value is -3.78. The number of nitrogens with zero attached hydrogens (tertiary/aromatic N) is 1. The fourth-order valence-electron chi connectivity index (χ4n) is 2.86. The first-order chi connectivity index (χ1) is 14.0. The van der Waals surface area contributed by atoms with Gasteiger partial charge in [-0.3, -0.25) is 25.2 Å². The third kappa shape index (κ3) is 3.78. The second-order valence-electron chi connectivity index (χ2n) is 6.31. The number of aryl methyl sites for hydroxylation is 1. The van der Waals surface area contributed by atoms with Crippen LogP contribution in [-0.4, -0.2) is 21.8 Å². The number of amides is 2. The predicted molar refractivity (Wildman–Crippen MR) is 112 cm³/mol. The SMILES string of the molecule is Cc1nc(-c2ccccc2)sc1C(=O)NNC(=O)c1cc2ccccc2[nH]c1=O. The fourth-order valence-corrected chi connectivity index (χ4v) is 3.83. The highest BCUT2D eigenvalue weighted by atomic mass is 32.1. The van der Waals surface area contributed by atoms with Gasteiger partial charge in [-0.2, -0.15) is 0 Å². The van der Waals surface area contributed by atoms with Gasteiger partial charge in [0.25, 0.3) is 17.4 Å². The maximum absolute atomic E-state index is 12.5. The van der Waals surface area contributed by atoms with Crippen LogP contribution in [0.1, 0.15) is 25.7 Å². The first-order valence-electron chi connectivity index (χ1n) is 8.78. The number of aromatic nitrogens is 2. The molecule has 2 heterocycles.